The van der Waals surface area contributed by atoms with Crippen molar-refractivity contribution in [3.05, 3.63) is 35.9 Å². The van der Waals surface area contributed by atoms with Crippen LogP contribution in [0.3, 0.4) is 0 Å². The van der Waals surface area contributed by atoms with E-state index in [0.717, 1.165) is 24.2 Å². The molecule has 1 N–H and O–H groups in total. The molecule has 26 heavy (non-hydrogen) atoms. The van der Waals surface area contributed by atoms with Gasteiger partial charge in [0.2, 0.25) is 11.8 Å². The molecule has 0 spiro atoms. The highest BCUT2D eigenvalue weighted by Gasteiger charge is 2.34. The summed E-state index contributed by atoms with van der Waals surface area (Å²) in [5.41, 5.74) is 3.41. The van der Waals surface area contributed by atoms with Crippen LogP contribution in [0.1, 0.15) is 38.5 Å². The maximum atomic E-state index is 12.4. The number of nitrogens with one attached hydrogen (secondary N) is 1. The number of anilines is 2. The number of carbonyl (C=O) groups excluding carboxylic acids is 2. The van der Waals surface area contributed by atoms with E-state index in [1.807, 2.05) is 43.3 Å². The maximum Gasteiger partial charge on any atom is 0.227 e. The van der Waals surface area contributed by atoms with E-state index in [1.54, 1.807) is 4.90 Å². The van der Waals surface area contributed by atoms with Gasteiger partial charge in [-0.3, -0.25) is 9.59 Å². The first-order valence-electron chi connectivity index (χ1n) is 9.58. The number of amides is 2. The third kappa shape index (κ3) is 4.45. The molecule has 3 rings (SSSR count). The second-order valence-electron chi connectivity index (χ2n) is 7.47. The van der Waals surface area contributed by atoms with Crippen LogP contribution >= 0.6 is 0 Å². The number of benzene rings is 1. The Balaban J connectivity index is 1.51. The van der Waals surface area contributed by atoms with Crippen LogP contribution in [0.4, 0.5) is 11.4 Å². The molecule has 1 aliphatic heterocycles. The van der Waals surface area contributed by atoms with E-state index in [9.17, 15) is 9.59 Å². The van der Waals surface area contributed by atoms with E-state index in [1.165, 1.54) is 24.8 Å². The minimum Gasteiger partial charge on any atom is -0.378 e. The number of carbonyl (C=O) groups is 2. The molecule has 1 aromatic carbocycles. The fourth-order valence-electron chi connectivity index (χ4n) is 3.69. The van der Waals surface area contributed by atoms with E-state index in [-0.39, 0.29) is 17.7 Å². The second kappa shape index (κ2) is 8.39. The summed E-state index contributed by atoms with van der Waals surface area (Å²) in [4.78, 5) is 28.5. The third-order valence-corrected chi connectivity index (χ3v) is 5.30. The van der Waals surface area contributed by atoms with Gasteiger partial charge in [0.15, 0.2) is 0 Å². The first-order chi connectivity index (χ1) is 12.5. The van der Waals surface area contributed by atoms with Gasteiger partial charge in [-0.2, -0.15) is 0 Å². The monoisotopic (exact) mass is 355 g/mol. The second-order valence-corrected chi connectivity index (χ2v) is 7.47. The van der Waals surface area contributed by atoms with Gasteiger partial charge in [0, 0.05) is 45.0 Å². The maximum absolute atomic E-state index is 12.4. The van der Waals surface area contributed by atoms with E-state index < -0.39 is 0 Å². The van der Waals surface area contributed by atoms with Crippen molar-refractivity contribution in [2.75, 3.05) is 37.0 Å². The summed E-state index contributed by atoms with van der Waals surface area (Å²) in [6.07, 6.45) is 8.42. The number of allylic oxidation sites excluding steroid dienone is 1. The van der Waals surface area contributed by atoms with Crippen LogP contribution in [0.2, 0.25) is 0 Å². The molecule has 1 unspecified atom stereocenters. The number of hydrogen-bond donors (Lipinski definition) is 1. The van der Waals surface area contributed by atoms with Gasteiger partial charge < -0.3 is 15.1 Å². The average molecular weight is 355 g/mol. The molecule has 140 valence electrons. The largest absolute Gasteiger partial charge is 0.378 e. The molecular weight excluding hydrogens is 326 g/mol. The summed E-state index contributed by atoms with van der Waals surface area (Å²) in [6, 6.07) is 7.88. The van der Waals surface area contributed by atoms with Crippen molar-refractivity contribution in [3.63, 3.8) is 0 Å². The lowest BCUT2D eigenvalue weighted by Crippen LogP contribution is -2.33. The average Bonchev–Trinajstić information content (AvgIpc) is 3.04. The summed E-state index contributed by atoms with van der Waals surface area (Å²) >= 11 is 0. The van der Waals surface area contributed by atoms with Crippen LogP contribution in [-0.2, 0) is 9.59 Å². The van der Waals surface area contributed by atoms with Crippen molar-refractivity contribution in [1.82, 2.24) is 5.32 Å². The lowest BCUT2D eigenvalue weighted by molar-refractivity contribution is -0.126. The Kier molecular flexibility index (Phi) is 5.96. The van der Waals surface area contributed by atoms with Crippen molar-refractivity contribution in [2.24, 2.45) is 5.92 Å². The van der Waals surface area contributed by atoms with Crippen LogP contribution in [0.5, 0.6) is 0 Å². The fraction of sp³-hybridized carbons (Fsp3) is 0.524. The van der Waals surface area contributed by atoms with Crippen molar-refractivity contribution in [3.8, 4) is 0 Å². The third-order valence-electron chi connectivity index (χ3n) is 5.30. The van der Waals surface area contributed by atoms with Crippen LogP contribution in [0.15, 0.2) is 35.9 Å². The highest BCUT2D eigenvalue weighted by Crippen LogP contribution is 2.27. The van der Waals surface area contributed by atoms with E-state index in [0.29, 0.717) is 19.5 Å². The first-order valence-corrected chi connectivity index (χ1v) is 9.58. The first kappa shape index (κ1) is 18.5. The Labute approximate surface area is 156 Å². The van der Waals surface area contributed by atoms with Crippen LogP contribution in [-0.4, -0.2) is 39.0 Å². The zero-order valence-corrected chi connectivity index (χ0v) is 15.8. The van der Waals surface area contributed by atoms with Crippen LogP contribution in [0.25, 0.3) is 0 Å². The Bertz CT molecular complexity index is 679. The van der Waals surface area contributed by atoms with Crippen molar-refractivity contribution < 1.29 is 9.59 Å². The summed E-state index contributed by atoms with van der Waals surface area (Å²) in [6.45, 7) is 1.14. The predicted molar refractivity (Wildman–Crippen MR) is 105 cm³/mol. The molecule has 0 aromatic heterocycles. The molecule has 1 fully saturated rings. The lowest BCUT2D eigenvalue weighted by Gasteiger charge is -2.19. The minimum atomic E-state index is -0.253. The SMILES string of the molecule is CN(C)c1ccc(N2CC(C(=O)NCCC3=CCCCC3)CC2=O)cc1. The van der Waals surface area contributed by atoms with Crippen molar-refractivity contribution >= 4 is 23.2 Å². The molecule has 5 heteroatoms. The van der Waals surface area contributed by atoms with Gasteiger partial charge in [-0.15, -0.1) is 0 Å². The zero-order valence-electron chi connectivity index (χ0n) is 15.8. The molecule has 2 amide bonds. The Morgan fingerprint density at radius 3 is 2.65 bits per heavy atom. The quantitative estimate of drug-likeness (QED) is 0.798. The van der Waals surface area contributed by atoms with Gasteiger partial charge in [-0.05, 0) is 56.4 Å². The lowest BCUT2D eigenvalue weighted by atomic mass is 9.97. The van der Waals surface area contributed by atoms with Crippen LogP contribution in [0, 0.1) is 5.92 Å². The van der Waals surface area contributed by atoms with E-state index in [4.69, 9.17) is 0 Å². The Morgan fingerprint density at radius 1 is 1.23 bits per heavy atom. The molecule has 1 aromatic rings. The van der Waals surface area contributed by atoms with Crippen LogP contribution < -0.4 is 15.1 Å². The van der Waals surface area contributed by atoms with Crippen molar-refractivity contribution in [2.45, 2.75) is 38.5 Å². The molecule has 0 saturated carbocycles. The highest BCUT2D eigenvalue weighted by molar-refractivity contribution is 6.00. The zero-order chi connectivity index (χ0) is 18.5. The molecule has 1 saturated heterocycles. The minimum absolute atomic E-state index is 0.00201. The molecule has 2 aliphatic rings. The molecule has 5 nitrogen and oxygen atoms in total. The molecule has 1 aliphatic carbocycles. The summed E-state index contributed by atoms with van der Waals surface area (Å²) in [7, 11) is 3.97. The number of rotatable bonds is 6. The summed E-state index contributed by atoms with van der Waals surface area (Å²) in [5, 5.41) is 3.02. The van der Waals surface area contributed by atoms with Gasteiger partial charge in [0.25, 0.3) is 0 Å². The van der Waals surface area contributed by atoms with E-state index >= 15 is 0 Å². The topological polar surface area (TPSA) is 52.6 Å². The summed E-state index contributed by atoms with van der Waals surface area (Å²) < 4.78 is 0. The number of nitrogens with zero attached hydrogens (tertiary/aromatic N) is 2. The number of hydrogen-bond acceptors (Lipinski definition) is 3. The fourth-order valence-corrected chi connectivity index (χ4v) is 3.69. The molecule has 1 atom stereocenters. The standard InChI is InChI=1S/C21H29N3O2/c1-23(2)18-8-10-19(11-9-18)24-15-17(14-20(24)25)21(26)22-13-12-16-6-4-3-5-7-16/h6,8-11,17H,3-5,7,12-15H2,1-2H3,(H,22,26). The Morgan fingerprint density at radius 2 is 2.00 bits per heavy atom. The van der Waals surface area contributed by atoms with Gasteiger partial charge in [-0.25, -0.2) is 0 Å². The van der Waals surface area contributed by atoms with Gasteiger partial charge in [0.05, 0.1) is 5.92 Å². The predicted octanol–water partition coefficient (Wildman–Crippen LogP) is 3.11. The van der Waals surface area contributed by atoms with Gasteiger partial charge in [-0.1, -0.05) is 11.6 Å². The normalized spacial score (nSPS) is 20.1. The Hall–Kier alpha value is -2.30. The highest BCUT2D eigenvalue weighted by atomic mass is 16.2. The van der Waals surface area contributed by atoms with Gasteiger partial charge >= 0.3 is 0 Å². The van der Waals surface area contributed by atoms with Gasteiger partial charge in [0.1, 0.15) is 0 Å². The molecule has 0 radical (unpaired) electrons. The molecule has 0 bridgehead atoms. The molecule has 1 heterocycles. The van der Waals surface area contributed by atoms with Crippen molar-refractivity contribution in [1.29, 1.82) is 0 Å². The molecular formula is C21H29N3O2. The van der Waals surface area contributed by atoms with E-state index in [2.05, 4.69) is 11.4 Å². The summed E-state index contributed by atoms with van der Waals surface area (Å²) in [5.74, 6) is -0.226. The smallest absolute Gasteiger partial charge is 0.227 e.